The highest BCUT2D eigenvalue weighted by molar-refractivity contribution is 6.35. The van der Waals surface area contributed by atoms with Gasteiger partial charge in [0.05, 0.1) is 11.1 Å². The van der Waals surface area contributed by atoms with Crippen LogP contribution in [0.25, 0.3) is 0 Å². The molecule has 1 aliphatic rings. The Morgan fingerprint density at radius 1 is 1.37 bits per heavy atom. The number of hydrogen-bond donors (Lipinski definition) is 0. The molecule has 1 aromatic carbocycles. The number of hydrogen-bond acceptors (Lipinski definition) is 2. The van der Waals surface area contributed by atoms with E-state index in [1.807, 2.05) is 0 Å². The zero-order valence-corrected chi connectivity index (χ0v) is 12.5. The molecule has 1 saturated carbocycles. The Morgan fingerprint density at radius 3 is 2.89 bits per heavy atom. The summed E-state index contributed by atoms with van der Waals surface area (Å²) >= 11 is 11.9. The predicted octanol–water partition coefficient (Wildman–Crippen LogP) is 4.77. The number of rotatable bonds is 4. The smallest absolute Gasteiger partial charge is 0.190 e. The maximum atomic E-state index is 12.1. The summed E-state index contributed by atoms with van der Waals surface area (Å²) < 4.78 is 5.71. The van der Waals surface area contributed by atoms with Gasteiger partial charge < -0.3 is 4.74 Å². The molecule has 0 amide bonds. The third-order valence-electron chi connectivity index (χ3n) is 3.57. The van der Waals surface area contributed by atoms with Gasteiger partial charge in [-0.05, 0) is 37.0 Å². The average molecular weight is 301 g/mol. The van der Waals surface area contributed by atoms with E-state index in [9.17, 15) is 4.79 Å². The molecule has 104 valence electrons. The molecular formula is C15H18Cl2O2. The van der Waals surface area contributed by atoms with Gasteiger partial charge >= 0.3 is 0 Å². The highest BCUT2D eigenvalue weighted by Gasteiger charge is 2.21. The molecular weight excluding hydrogens is 283 g/mol. The van der Waals surface area contributed by atoms with E-state index in [0.29, 0.717) is 21.5 Å². The zero-order valence-electron chi connectivity index (χ0n) is 11.0. The molecule has 0 heterocycles. The summed E-state index contributed by atoms with van der Waals surface area (Å²) in [6.45, 7) is 2.31. The van der Waals surface area contributed by atoms with Gasteiger partial charge in [0.1, 0.15) is 6.61 Å². The fourth-order valence-electron chi connectivity index (χ4n) is 2.51. The van der Waals surface area contributed by atoms with Crippen molar-refractivity contribution in [2.75, 3.05) is 6.61 Å². The fraction of sp³-hybridized carbons (Fsp3) is 0.533. The van der Waals surface area contributed by atoms with Gasteiger partial charge in [-0.2, -0.15) is 0 Å². The maximum Gasteiger partial charge on any atom is 0.190 e. The van der Waals surface area contributed by atoms with Crippen LogP contribution in [0, 0.1) is 5.92 Å². The van der Waals surface area contributed by atoms with E-state index in [1.54, 1.807) is 18.2 Å². The highest BCUT2D eigenvalue weighted by Crippen LogP contribution is 2.26. The Labute approximate surface area is 124 Å². The number of ether oxygens (including phenoxy) is 1. The molecule has 0 aliphatic heterocycles. The van der Waals surface area contributed by atoms with E-state index < -0.39 is 0 Å². The van der Waals surface area contributed by atoms with Gasteiger partial charge in [-0.3, -0.25) is 4.79 Å². The van der Waals surface area contributed by atoms with Crippen molar-refractivity contribution in [3.63, 3.8) is 0 Å². The number of carbonyl (C=O) groups is 1. The van der Waals surface area contributed by atoms with Crippen LogP contribution in [-0.4, -0.2) is 18.5 Å². The number of ketones is 1. The minimum atomic E-state index is -0.106. The van der Waals surface area contributed by atoms with Crippen LogP contribution < -0.4 is 0 Å². The van der Waals surface area contributed by atoms with Crippen LogP contribution in [0.1, 0.15) is 43.0 Å². The first kappa shape index (κ1) is 14.8. The second-order valence-corrected chi connectivity index (χ2v) is 6.10. The quantitative estimate of drug-likeness (QED) is 0.749. The van der Waals surface area contributed by atoms with Crippen LogP contribution in [-0.2, 0) is 4.74 Å². The Hall–Kier alpha value is -0.570. The topological polar surface area (TPSA) is 26.3 Å². The molecule has 0 aromatic heterocycles. The highest BCUT2D eigenvalue weighted by atomic mass is 35.5. The summed E-state index contributed by atoms with van der Waals surface area (Å²) in [5.74, 6) is 0.578. The lowest BCUT2D eigenvalue weighted by atomic mass is 9.89. The number of carbonyl (C=O) groups excluding carboxylic acids is 1. The van der Waals surface area contributed by atoms with Crippen LogP contribution in [0.2, 0.25) is 10.0 Å². The molecule has 19 heavy (non-hydrogen) atoms. The fourth-order valence-corrected chi connectivity index (χ4v) is 2.91. The number of halogens is 2. The molecule has 2 unspecified atom stereocenters. The maximum absolute atomic E-state index is 12.1. The van der Waals surface area contributed by atoms with Crippen molar-refractivity contribution in [1.82, 2.24) is 0 Å². The first-order chi connectivity index (χ1) is 9.06. The lowest BCUT2D eigenvalue weighted by molar-refractivity contribution is 0.0182. The second-order valence-electron chi connectivity index (χ2n) is 5.25. The summed E-state index contributed by atoms with van der Waals surface area (Å²) in [6, 6.07) is 4.91. The molecule has 0 spiro atoms. The molecule has 1 aromatic rings. The molecule has 4 heteroatoms. The summed E-state index contributed by atoms with van der Waals surface area (Å²) in [6.07, 6.45) is 4.72. The first-order valence-corrected chi connectivity index (χ1v) is 7.41. The largest absolute Gasteiger partial charge is 0.370 e. The van der Waals surface area contributed by atoms with Crippen molar-refractivity contribution in [1.29, 1.82) is 0 Å². The Balaban J connectivity index is 1.92. The van der Waals surface area contributed by atoms with Crippen molar-refractivity contribution < 1.29 is 9.53 Å². The van der Waals surface area contributed by atoms with E-state index in [-0.39, 0.29) is 18.5 Å². The first-order valence-electron chi connectivity index (χ1n) is 6.66. The standard InChI is InChI=1S/C15H18Cl2O2/c1-10-3-2-4-12(7-10)19-9-15(18)13-8-11(16)5-6-14(13)17/h5-6,8,10,12H,2-4,7,9H2,1H3. The Bertz CT molecular complexity index is 459. The van der Waals surface area contributed by atoms with Gasteiger partial charge in [-0.25, -0.2) is 0 Å². The van der Waals surface area contributed by atoms with Gasteiger partial charge in [0.2, 0.25) is 0 Å². The summed E-state index contributed by atoms with van der Waals surface area (Å²) in [7, 11) is 0. The normalized spacial score (nSPS) is 23.3. The van der Waals surface area contributed by atoms with Crippen LogP contribution >= 0.6 is 23.2 Å². The Morgan fingerprint density at radius 2 is 2.16 bits per heavy atom. The van der Waals surface area contributed by atoms with E-state index in [2.05, 4.69) is 6.92 Å². The van der Waals surface area contributed by atoms with Gasteiger partial charge in [-0.1, -0.05) is 43.0 Å². The lowest BCUT2D eigenvalue weighted by Crippen LogP contribution is -2.24. The van der Waals surface area contributed by atoms with Gasteiger partial charge in [-0.15, -0.1) is 0 Å². The lowest BCUT2D eigenvalue weighted by Gasteiger charge is -2.26. The predicted molar refractivity (Wildman–Crippen MR) is 78.2 cm³/mol. The van der Waals surface area contributed by atoms with Gasteiger partial charge in [0.15, 0.2) is 5.78 Å². The van der Waals surface area contributed by atoms with Crippen LogP contribution in [0.3, 0.4) is 0 Å². The molecule has 1 fully saturated rings. The molecule has 2 atom stereocenters. The molecule has 1 aliphatic carbocycles. The van der Waals surface area contributed by atoms with Crippen LogP contribution in [0.15, 0.2) is 18.2 Å². The van der Waals surface area contributed by atoms with Gasteiger partial charge in [0, 0.05) is 10.6 Å². The third-order valence-corrected chi connectivity index (χ3v) is 4.13. The van der Waals surface area contributed by atoms with E-state index in [1.165, 1.54) is 12.8 Å². The number of benzene rings is 1. The van der Waals surface area contributed by atoms with Crippen molar-refractivity contribution in [3.8, 4) is 0 Å². The molecule has 2 nitrogen and oxygen atoms in total. The third kappa shape index (κ3) is 4.20. The summed E-state index contributed by atoms with van der Waals surface area (Å²) in [5.41, 5.74) is 0.443. The van der Waals surface area contributed by atoms with E-state index >= 15 is 0 Å². The monoisotopic (exact) mass is 300 g/mol. The van der Waals surface area contributed by atoms with Crippen LogP contribution in [0.5, 0.6) is 0 Å². The summed E-state index contributed by atoms with van der Waals surface area (Å²) in [4.78, 5) is 12.1. The minimum Gasteiger partial charge on any atom is -0.370 e. The molecule has 0 N–H and O–H groups in total. The van der Waals surface area contributed by atoms with Crippen molar-refractivity contribution >= 4 is 29.0 Å². The van der Waals surface area contributed by atoms with Gasteiger partial charge in [0.25, 0.3) is 0 Å². The second kappa shape index (κ2) is 6.74. The zero-order chi connectivity index (χ0) is 13.8. The Kier molecular flexibility index (Phi) is 5.26. The SMILES string of the molecule is CC1CCCC(OCC(=O)c2cc(Cl)ccc2Cl)C1. The summed E-state index contributed by atoms with van der Waals surface area (Å²) in [5, 5.41) is 0.939. The van der Waals surface area contributed by atoms with E-state index in [4.69, 9.17) is 27.9 Å². The minimum absolute atomic E-state index is 0.0808. The van der Waals surface area contributed by atoms with Crippen molar-refractivity contribution in [2.24, 2.45) is 5.92 Å². The van der Waals surface area contributed by atoms with E-state index in [0.717, 1.165) is 12.8 Å². The molecule has 0 saturated heterocycles. The molecule has 0 bridgehead atoms. The average Bonchev–Trinajstić information content (AvgIpc) is 2.39. The number of Topliss-reactive ketones (excluding diaryl/α,β-unsaturated/α-hetero) is 1. The van der Waals surface area contributed by atoms with Crippen LogP contribution in [0.4, 0.5) is 0 Å². The van der Waals surface area contributed by atoms with Crippen molar-refractivity contribution in [3.05, 3.63) is 33.8 Å². The van der Waals surface area contributed by atoms with Crippen molar-refractivity contribution in [2.45, 2.75) is 38.7 Å². The molecule has 0 radical (unpaired) electrons. The molecule has 2 rings (SSSR count).